The molecular formula is C12H13F2NO2. The normalized spacial score (nSPS) is 14.7. The minimum Gasteiger partial charge on any atom is -0.460 e. The van der Waals surface area contributed by atoms with E-state index in [1.165, 1.54) is 0 Å². The molecule has 1 fully saturated rings. The highest BCUT2D eigenvalue weighted by molar-refractivity contribution is 5.71. The fourth-order valence-corrected chi connectivity index (χ4v) is 1.38. The van der Waals surface area contributed by atoms with Crippen LogP contribution in [0.5, 0.6) is 0 Å². The van der Waals surface area contributed by atoms with Crippen LogP contribution in [-0.2, 0) is 16.1 Å². The second kappa shape index (κ2) is 5.23. The van der Waals surface area contributed by atoms with Crippen LogP contribution in [-0.4, -0.2) is 18.6 Å². The molecule has 0 bridgehead atoms. The van der Waals surface area contributed by atoms with Gasteiger partial charge in [0.05, 0.1) is 6.54 Å². The summed E-state index contributed by atoms with van der Waals surface area (Å²) in [6.45, 7) is -0.129. The Kier molecular flexibility index (Phi) is 3.68. The lowest BCUT2D eigenvalue weighted by Gasteiger charge is -2.06. The number of nitrogens with one attached hydrogen (secondary N) is 1. The Labute approximate surface area is 97.8 Å². The standard InChI is InChI=1S/C12H13F2NO2/c13-9-1-4-11(14)8(5-9)7-17-12(16)6-15-10-2-3-10/h1,4-5,10,15H,2-3,6-7H2. The van der Waals surface area contributed by atoms with E-state index in [9.17, 15) is 13.6 Å². The van der Waals surface area contributed by atoms with Gasteiger partial charge in [0, 0.05) is 11.6 Å². The number of hydrogen-bond acceptors (Lipinski definition) is 3. The van der Waals surface area contributed by atoms with Gasteiger partial charge in [0.25, 0.3) is 0 Å². The molecule has 0 spiro atoms. The molecule has 1 aromatic rings. The van der Waals surface area contributed by atoms with E-state index in [0.29, 0.717) is 6.04 Å². The summed E-state index contributed by atoms with van der Waals surface area (Å²) in [5.74, 6) is -1.58. The zero-order valence-electron chi connectivity index (χ0n) is 9.21. The topological polar surface area (TPSA) is 38.3 Å². The predicted molar refractivity (Wildman–Crippen MR) is 57.2 cm³/mol. The number of ether oxygens (including phenoxy) is 1. The molecule has 5 heteroatoms. The van der Waals surface area contributed by atoms with E-state index < -0.39 is 17.6 Å². The van der Waals surface area contributed by atoms with Gasteiger partial charge in [-0.2, -0.15) is 0 Å². The minimum atomic E-state index is -0.575. The maximum atomic E-state index is 13.2. The molecule has 17 heavy (non-hydrogen) atoms. The smallest absolute Gasteiger partial charge is 0.320 e. The van der Waals surface area contributed by atoms with Gasteiger partial charge in [-0.1, -0.05) is 0 Å². The number of halogens is 2. The quantitative estimate of drug-likeness (QED) is 0.798. The third-order valence-corrected chi connectivity index (χ3v) is 2.51. The number of rotatable bonds is 5. The lowest BCUT2D eigenvalue weighted by Crippen LogP contribution is -2.26. The third kappa shape index (κ3) is 3.78. The first-order valence-electron chi connectivity index (χ1n) is 5.48. The molecule has 0 unspecified atom stereocenters. The van der Waals surface area contributed by atoms with Crippen LogP contribution in [0.15, 0.2) is 18.2 Å². The molecule has 0 aromatic heterocycles. The zero-order chi connectivity index (χ0) is 12.3. The van der Waals surface area contributed by atoms with Gasteiger partial charge in [0.15, 0.2) is 0 Å². The average Bonchev–Trinajstić information content (AvgIpc) is 3.11. The number of carbonyl (C=O) groups is 1. The molecule has 2 rings (SSSR count). The molecule has 0 amide bonds. The van der Waals surface area contributed by atoms with Gasteiger partial charge in [-0.15, -0.1) is 0 Å². The van der Waals surface area contributed by atoms with E-state index in [1.54, 1.807) is 0 Å². The van der Waals surface area contributed by atoms with Gasteiger partial charge in [-0.3, -0.25) is 4.79 Å². The molecule has 0 saturated heterocycles. The molecule has 1 aliphatic rings. The van der Waals surface area contributed by atoms with Gasteiger partial charge in [0.2, 0.25) is 0 Å². The summed E-state index contributed by atoms with van der Waals surface area (Å²) in [4.78, 5) is 11.2. The van der Waals surface area contributed by atoms with Crippen LogP contribution in [0.3, 0.4) is 0 Å². The summed E-state index contributed by atoms with van der Waals surface area (Å²) in [5.41, 5.74) is 0.0461. The molecule has 0 heterocycles. The van der Waals surface area contributed by atoms with Gasteiger partial charge < -0.3 is 10.1 Å². The Morgan fingerprint density at radius 2 is 2.18 bits per heavy atom. The van der Waals surface area contributed by atoms with Crippen LogP contribution in [0, 0.1) is 11.6 Å². The molecule has 0 aliphatic heterocycles. The maximum absolute atomic E-state index is 13.2. The van der Waals surface area contributed by atoms with E-state index >= 15 is 0 Å². The molecule has 1 N–H and O–H groups in total. The van der Waals surface area contributed by atoms with Crippen LogP contribution in [0.25, 0.3) is 0 Å². The highest BCUT2D eigenvalue weighted by Crippen LogP contribution is 2.18. The number of carbonyl (C=O) groups excluding carboxylic acids is 1. The molecule has 1 aliphatic carbocycles. The van der Waals surface area contributed by atoms with Crippen molar-refractivity contribution in [2.75, 3.05) is 6.54 Å². The van der Waals surface area contributed by atoms with Crippen molar-refractivity contribution in [3.63, 3.8) is 0 Å². The highest BCUT2D eigenvalue weighted by atomic mass is 19.1. The molecule has 3 nitrogen and oxygen atoms in total. The second-order valence-electron chi connectivity index (χ2n) is 4.05. The molecule has 1 aromatic carbocycles. The zero-order valence-corrected chi connectivity index (χ0v) is 9.21. The van der Waals surface area contributed by atoms with Crippen molar-refractivity contribution in [1.29, 1.82) is 0 Å². The average molecular weight is 241 g/mol. The van der Waals surface area contributed by atoms with E-state index in [0.717, 1.165) is 31.0 Å². The van der Waals surface area contributed by atoms with Crippen molar-refractivity contribution in [1.82, 2.24) is 5.32 Å². The van der Waals surface area contributed by atoms with Gasteiger partial charge >= 0.3 is 5.97 Å². The third-order valence-electron chi connectivity index (χ3n) is 2.51. The first kappa shape index (κ1) is 12.0. The largest absolute Gasteiger partial charge is 0.460 e. The van der Waals surface area contributed by atoms with Crippen molar-refractivity contribution < 1.29 is 18.3 Å². The van der Waals surface area contributed by atoms with Crippen molar-refractivity contribution in [2.45, 2.75) is 25.5 Å². The lowest BCUT2D eigenvalue weighted by atomic mass is 10.2. The summed E-state index contributed by atoms with van der Waals surface area (Å²) in [6.07, 6.45) is 2.15. The van der Waals surface area contributed by atoms with Crippen molar-refractivity contribution in [2.24, 2.45) is 0 Å². The summed E-state index contributed by atoms with van der Waals surface area (Å²) in [5, 5.41) is 2.98. The monoisotopic (exact) mass is 241 g/mol. The van der Waals surface area contributed by atoms with Crippen LogP contribution in [0.4, 0.5) is 8.78 Å². The van der Waals surface area contributed by atoms with E-state index in [4.69, 9.17) is 4.74 Å². The Morgan fingerprint density at radius 1 is 1.41 bits per heavy atom. The van der Waals surface area contributed by atoms with Crippen LogP contribution >= 0.6 is 0 Å². The fraction of sp³-hybridized carbons (Fsp3) is 0.417. The number of benzene rings is 1. The summed E-state index contributed by atoms with van der Waals surface area (Å²) in [7, 11) is 0. The van der Waals surface area contributed by atoms with Gasteiger partial charge in [-0.05, 0) is 31.0 Å². The van der Waals surface area contributed by atoms with Crippen molar-refractivity contribution in [3.05, 3.63) is 35.4 Å². The Hall–Kier alpha value is -1.49. The van der Waals surface area contributed by atoms with Crippen molar-refractivity contribution >= 4 is 5.97 Å². The van der Waals surface area contributed by atoms with Gasteiger partial charge in [-0.25, -0.2) is 8.78 Å². The van der Waals surface area contributed by atoms with E-state index in [1.807, 2.05) is 0 Å². The summed E-state index contributed by atoms with van der Waals surface area (Å²) < 4.78 is 30.8. The first-order valence-corrected chi connectivity index (χ1v) is 5.48. The number of esters is 1. The number of hydrogen-bond donors (Lipinski definition) is 1. The predicted octanol–water partition coefficient (Wildman–Crippen LogP) is 1.76. The van der Waals surface area contributed by atoms with Crippen LogP contribution in [0.2, 0.25) is 0 Å². The SMILES string of the molecule is O=C(CNC1CC1)OCc1cc(F)ccc1F. The highest BCUT2D eigenvalue weighted by Gasteiger charge is 2.21. The fourth-order valence-electron chi connectivity index (χ4n) is 1.38. The van der Waals surface area contributed by atoms with Crippen LogP contribution < -0.4 is 5.32 Å². The van der Waals surface area contributed by atoms with E-state index in [2.05, 4.69) is 5.32 Å². The molecule has 0 atom stereocenters. The molecule has 92 valence electrons. The van der Waals surface area contributed by atoms with E-state index in [-0.39, 0.29) is 18.7 Å². The Balaban J connectivity index is 1.79. The second-order valence-corrected chi connectivity index (χ2v) is 4.05. The summed E-state index contributed by atoms with van der Waals surface area (Å²) in [6, 6.07) is 3.47. The van der Waals surface area contributed by atoms with Gasteiger partial charge in [0.1, 0.15) is 18.2 Å². The Morgan fingerprint density at radius 3 is 2.88 bits per heavy atom. The maximum Gasteiger partial charge on any atom is 0.320 e. The molecule has 1 saturated carbocycles. The van der Waals surface area contributed by atoms with Crippen LogP contribution in [0.1, 0.15) is 18.4 Å². The Bertz CT molecular complexity index is 419. The first-order chi connectivity index (χ1) is 8.15. The van der Waals surface area contributed by atoms with Crippen molar-refractivity contribution in [3.8, 4) is 0 Å². The summed E-state index contributed by atoms with van der Waals surface area (Å²) >= 11 is 0. The molecule has 0 radical (unpaired) electrons. The minimum absolute atomic E-state index is 0.0461. The lowest BCUT2D eigenvalue weighted by molar-refractivity contribution is -0.143. The molecular weight excluding hydrogens is 228 g/mol.